The van der Waals surface area contributed by atoms with Crippen molar-refractivity contribution in [3.05, 3.63) is 58.4 Å². The summed E-state index contributed by atoms with van der Waals surface area (Å²) in [6.07, 6.45) is 2.86. The lowest BCUT2D eigenvalue weighted by molar-refractivity contribution is 0.0950. The maximum Gasteiger partial charge on any atom is 0.257 e. The number of halogens is 1. The van der Waals surface area contributed by atoms with Gasteiger partial charge in [-0.25, -0.2) is 0 Å². The molecule has 0 bridgehead atoms. The summed E-state index contributed by atoms with van der Waals surface area (Å²) in [6.45, 7) is 3.07. The van der Waals surface area contributed by atoms with Crippen LogP contribution in [0.1, 0.15) is 26.3 Å². The van der Waals surface area contributed by atoms with Gasteiger partial charge in [-0.05, 0) is 44.8 Å². The fourth-order valence-corrected chi connectivity index (χ4v) is 2.30. The van der Waals surface area contributed by atoms with E-state index in [0.29, 0.717) is 28.4 Å². The van der Waals surface area contributed by atoms with Gasteiger partial charge in [0.2, 0.25) is 0 Å². The van der Waals surface area contributed by atoms with Gasteiger partial charge in [-0.2, -0.15) is 0 Å². The van der Waals surface area contributed by atoms with E-state index in [2.05, 4.69) is 15.6 Å². The largest absolute Gasteiger partial charge is 0.351 e. The molecule has 1 heterocycles. The van der Waals surface area contributed by atoms with Crippen molar-refractivity contribution in [2.45, 2.75) is 6.92 Å². The van der Waals surface area contributed by atoms with Crippen molar-refractivity contribution in [3.8, 4) is 0 Å². The average Bonchev–Trinajstić information content (AvgIpc) is 2.58. The summed E-state index contributed by atoms with van der Waals surface area (Å²) in [7, 11) is 3.85. The van der Waals surface area contributed by atoms with E-state index in [0.717, 1.165) is 12.1 Å². The van der Waals surface area contributed by atoms with Gasteiger partial charge in [0.05, 0.1) is 11.1 Å². The van der Waals surface area contributed by atoms with E-state index in [1.165, 1.54) is 18.5 Å². The highest BCUT2D eigenvalue weighted by atomic mass is 35.5. The fraction of sp³-hybridized carbons (Fsp3) is 0.278. The van der Waals surface area contributed by atoms with Crippen molar-refractivity contribution < 1.29 is 9.59 Å². The summed E-state index contributed by atoms with van der Waals surface area (Å²) in [4.78, 5) is 30.5. The first-order chi connectivity index (χ1) is 11.9. The smallest absolute Gasteiger partial charge is 0.257 e. The molecule has 7 heteroatoms. The Morgan fingerprint density at radius 2 is 1.84 bits per heavy atom. The minimum atomic E-state index is -0.346. The van der Waals surface area contributed by atoms with Crippen LogP contribution in [0.4, 0.5) is 5.69 Å². The van der Waals surface area contributed by atoms with Crippen LogP contribution in [0.15, 0.2) is 36.7 Å². The molecule has 0 unspecified atom stereocenters. The van der Waals surface area contributed by atoms with Crippen molar-refractivity contribution in [3.63, 3.8) is 0 Å². The Bertz CT molecular complexity index is 777. The van der Waals surface area contributed by atoms with Gasteiger partial charge in [-0.3, -0.25) is 14.6 Å². The second-order valence-corrected chi connectivity index (χ2v) is 6.30. The van der Waals surface area contributed by atoms with Gasteiger partial charge in [0.25, 0.3) is 11.8 Å². The second-order valence-electron chi connectivity index (χ2n) is 5.89. The third kappa shape index (κ3) is 5.27. The zero-order chi connectivity index (χ0) is 18.4. The van der Waals surface area contributed by atoms with Crippen LogP contribution in [0.5, 0.6) is 0 Å². The summed E-state index contributed by atoms with van der Waals surface area (Å²) in [5, 5.41) is 6.16. The Kier molecular flexibility index (Phi) is 6.50. The van der Waals surface area contributed by atoms with Crippen LogP contribution in [0.3, 0.4) is 0 Å². The molecule has 0 fully saturated rings. The minimum Gasteiger partial charge on any atom is -0.351 e. The minimum absolute atomic E-state index is 0.261. The Labute approximate surface area is 152 Å². The Balaban J connectivity index is 2.08. The third-order valence-corrected chi connectivity index (χ3v) is 4.03. The highest BCUT2D eigenvalue weighted by Gasteiger charge is 2.13. The molecule has 6 nitrogen and oxygen atoms in total. The van der Waals surface area contributed by atoms with Crippen LogP contribution < -0.4 is 10.6 Å². The van der Waals surface area contributed by atoms with E-state index in [1.807, 2.05) is 25.9 Å². The van der Waals surface area contributed by atoms with E-state index < -0.39 is 0 Å². The predicted molar refractivity (Wildman–Crippen MR) is 99.3 cm³/mol. The quantitative estimate of drug-likeness (QED) is 0.830. The van der Waals surface area contributed by atoms with Crippen LogP contribution in [0, 0.1) is 6.92 Å². The molecule has 0 aliphatic carbocycles. The van der Waals surface area contributed by atoms with Crippen molar-refractivity contribution in [1.82, 2.24) is 15.2 Å². The molecule has 0 saturated heterocycles. The van der Waals surface area contributed by atoms with Crippen LogP contribution in [-0.4, -0.2) is 48.9 Å². The number of nitrogens with one attached hydrogen (secondary N) is 2. The molecule has 0 radical (unpaired) electrons. The first-order valence-electron chi connectivity index (χ1n) is 7.83. The van der Waals surface area contributed by atoms with Gasteiger partial charge < -0.3 is 15.5 Å². The molecule has 2 aromatic rings. The normalized spacial score (nSPS) is 10.6. The number of benzene rings is 1. The monoisotopic (exact) mass is 360 g/mol. The van der Waals surface area contributed by atoms with Gasteiger partial charge >= 0.3 is 0 Å². The summed E-state index contributed by atoms with van der Waals surface area (Å²) in [6, 6.07) is 6.81. The molecule has 2 N–H and O–H groups in total. The molecule has 0 spiro atoms. The predicted octanol–water partition coefficient (Wildman–Crippen LogP) is 2.59. The van der Waals surface area contributed by atoms with E-state index in [4.69, 9.17) is 11.6 Å². The van der Waals surface area contributed by atoms with Gasteiger partial charge in [-0.1, -0.05) is 17.7 Å². The highest BCUT2D eigenvalue weighted by molar-refractivity contribution is 6.31. The fourth-order valence-electron chi connectivity index (χ4n) is 2.12. The van der Waals surface area contributed by atoms with Crippen molar-refractivity contribution in [2.75, 3.05) is 32.5 Å². The van der Waals surface area contributed by atoms with Crippen molar-refractivity contribution in [2.24, 2.45) is 0 Å². The zero-order valence-corrected chi connectivity index (χ0v) is 15.2. The molecule has 0 aliphatic heterocycles. The number of likely N-dealkylation sites (N-methyl/N-ethyl adjacent to an activating group) is 1. The molecule has 25 heavy (non-hydrogen) atoms. The Morgan fingerprint density at radius 1 is 1.16 bits per heavy atom. The lowest BCUT2D eigenvalue weighted by Crippen LogP contribution is -2.31. The summed E-state index contributed by atoms with van der Waals surface area (Å²) in [5.74, 6) is -0.608. The molecule has 132 valence electrons. The number of carbonyl (C=O) groups is 2. The first kappa shape index (κ1) is 18.9. The van der Waals surface area contributed by atoms with Crippen molar-refractivity contribution in [1.29, 1.82) is 0 Å². The topological polar surface area (TPSA) is 74.3 Å². The number of rotatable bonds is 6. The highest BCUT2D eigenvalue weighted by Crippen LogP contribution is 2.23. The standard InChI is InChI=1S/C18H21ClN4O2/c1-12-15(19)5-4-6-16(12)22-18(25)14-9-13(10-20-11-14)17(24)21-7-8-23(2)3/h4-6,9-11H,7-8H2,1-3H3,(H,21,24)(H,22,25). The van der Waals surface area contributed by atoms with E-state index in [1.54, 1.807) is 18.2 Å². The molecule has 1 aromatic carbocycles. The first-order valence-corrected chi connectivity index (χ1v) is 8.20. The summed E-state index contributed by atoms with van der Waals surface area (Å²) < 4.78 is 0. The van der Waals surface area contributed by atoms with E-state index >= 15 is 0 Å². The molecular formula is C18H21ClN4O2. The number of hydrogen-bond acceptors (Lipinski definition) is 4. The van der Waals surface area contributed by atoms with Gasteiger partial charge in [0.1, 0.15) is 0 Å². The number of nitrogens with zero attached hydrogens (tertiary/aromatic N) is 2. The summed E-state index contributed by atoms with van der Waals surface area (Å²) in [5.41, 5.74) is 2.05. The SMILES string of the molecule is Cc1c(Cl)cccc1NC(=O)c1cncc(C(=O)NCCN(C)C)c1. The number of amides is 2. The maximum absolute atomic E-state index is 12.4. The molecule has 1 aromatic heterocycles. The molecule has 0 aliphatic rings. The van der Waals surface area contributed by atoms with Gasteiger partial charge in [-0.15, -0.1) is 0 Å². The summed E-state index contributed by atoms with van der Waals surface area (Å²) >= 11 is 6.06. The maximum atomic E-state index is 12.4. The lowest BCUT2D eigenvalue weighted by Gasteiger charge is -2.11. The van der Waals surface area contributed by atoms with Crippen LogP contribution in [0.2, 0.25) is 5.02 Å². The number of anilines is 1. The van der Waals surface area contributed by atoms with Crippen LogP contribution in [-0.2, 0) is 0 Å². The molecular weight excluding hydrogens is 340 g/mol. The zero-order valence-electron chi connectivity index (χ0n) is 14.5. The second kappa shape index (κ2) is 8.60. The number of aromatic nitrogens is 1. The van der Waals surface area contributed by atoms with Gasteiger partial charge in [0, 0.05) is 36.2 Å². The molecule has 2 amide bonds. The number of hydrogen-bond donors (Lipinski definition) is 2. The Hall–Kier alpha value is -2.44. The molecule has 2 rings (SSSR count). The van der Waals surface area contributed by atoms with E-state index in [9.17, 15) is 9.59 Å². The van der Waals surface area contributed by atoms with E-state index in [-0.39, 0.29) is 11.8 Å². The van der Waals surface area contributed by atoms with Crippen LogP contribution in [0.25, 0.3) is 0 Å². The third-order valence-electron chi connectivity index (χ3n) is 3.62. The average molecular weight is 361 g/mol. The van der Waals surface area contributed by atoms with Gasteiger partial charge in [0.15, 0.2) is 0 Å². The molecule has 0 atom stereocenters. The molecule has 0 saturated carbocycles. The van der Waals surface area contributed by atoms with Crippen molar-refractivity contribution >= 4 is 29.1 Å². The lowest BCUT2D eigenvalue weighted by atomic mass is 10.1. The number of carbonyl (C=O) groups excluding carboxylic acids is 2. The van der Waals surface area contributed by atoms with Crippen LogP contribution >= 0.6 is 11.6 Å². The Morgan fingerprint density at radius 3 is 2.52 bits per heavy atom. The number of pyridine rings is 1.